The minimum Gasteiger partial charge on any atom is -0.335 e. The van der Waals surface area contributed by atoms with Gasteiger partial charge in [0.2, 0.25) is 0 Å². The van der Waals surface area contributed by atoms with Crippen LogP contribution < -0.4 is 4.90 Å². The number of allylic oxidation sites excluding steroid dienone is 1. The number of carbonyl (C=O) groups is 1. The molecule has 2 nitrogen and oxygen atoms in total. The molecular weight excluding hydrogens is 230 g/mol. The molecule has 0 aliphatic carbocycles. The summed E-state index contributed by atoms with van der Waals surface area (Å²) in [5.74, 6) is 0.190. The normalized spacial score (nSPS) is 16.4. The van der Waals surface area contributed by atoms with Crippen LogP contribution in [0.25, 0.3) is 0 Å². The van der Waals surface area contributed by atoms with Crippen molar-refractivity contribution >= 4 is 23.2 Å². The van der Waals surface area contributed by atoms with Crippen molar-refractivity contribution in [3.8, 4) is 0 Å². The zero-order valence-electron chi connectivity index (χ0n) is 10.5. The van der Waals surface area contributed by atoms with Crippen molar-refractivity contribution < 1.29 is 4.79 Å². The summed E-state index contributed by atoms with van der Waals surface area (Å²) in [7, 11) is 0. The van der Waals surface area contributed by atoms with Gasteiger partial charge >= 0.3 is 0 Å². The Morgan fingerprint density at radius 2 is 2.18 bits per heavy atom. The van der Waals surface area contributed by atoms with Crippen LogP contribution in [0.1, 0.15) is 25.8 Å². The molecule has 17 heavy (non-hydrogen) atoms. The Bertz CT molecular complexity index is 479. The maximum atomic E-state index is 11.5. The molecule has 0 amide bonds. The summed E-state index contributed by atoms with van der Waals surface area (Å²) in [5, 5.41) is 1.06. The van der Waals surface area contributed by atoms with Crippen molar-refractivity contribution in [3.63, 3.8) is 0 Å². The third-order valence-electron chi connectivity index (χ3n) is 2.83. The highest BCUT2D eigenvalue weighted by atomic mass is 32.2. The summed E-state index contributed by atoms with van der Waals surface area (Å²) in [4.78, 5) is 15.0. The van der Waals surface area contributed by atoms with Crippen LogP contribution in [0.4, 0.5) is 5.69 Å². The summed E-state index contributed by atoms with van der Waals surface area (Å²) in [5.41, 5.74) is 2.48. The Kier molecular flexibility index (Phi) is 3.57. The largest absolute Gasteiger partial charge is 0.335 e. The van der Waals surface area contributed by atoms with Crippen molar-refractivity contribution in [3.05, 3.63) is 34.9 Å². The first-order valence-electron chi connectivity index (χ1n) is 5.96. The Balaban J connectivity index is 2.38. The smallest absolute Gasteiger partial charge is 0.158 e. The van der Waals surface area contributed by atoms with E-state index in [0.29, 0.717) is 6.42 Å². The second-order valence-corrected chi connectivity index (χ2v) is 5.18. The molecule has 0 saturated carbocycles. The van der Waals surface area contributed by atoms with Crippen LogP contribution >= 0.6 is 11.8 Å². The first-order valence-corrected chi connectivity index (χ1v) is 6.78. The lowest BCUT2D eigenvalue weighted by Crippen LogP contribution is -2.17. The number of carbonyl (C=O) groups excluding carboxylic acids is 1. The number of rotatable bonds is 3. The Morgan fingerprint density at radius 1 is 1.41 bits per heavy atom. The molecule has 90 valence electrons. The van der Waals surface area contributed by atoms with E-state index in [1.54, 1.807) is 17.8 Å². The number of thioether (sulfide) groups is 1. The fraction of sp³-hybridized carbons (Fsp3) is 0.357. The zero-order chi connectivity index (χ0) is 12.4. The van der Waals surface area contributed by atoms with E-state index in [2.05, 4.69) is 36.9 Å². The molecule has 0 saturated heterocycles. The van der Waals surface area contributed by atoms with Gasteiger partial charge in [0.25, 0.3) is 0 Å². The highest BCUT2D eigenvalue weighted by molar-refractivity contribution is 8.03. The fourth-order valence-electron chi connectivity index (χ4n) is 1.88. The summed E-state index contributed by atoms with van der Waals surface area (Å²) in [6.45, 7) is 7.00. The summed E-state index contributed by atoms with van der Waals surface area (Å²) >= 11 is 1.69. The van der Waals surface area contributed by atoms with Crippen LogP contribution in [-0.2, 0) is 4.79 Å². The first kappa shape index (κ1) is 12.2. The van der Waals surface area contributed by atoms with Gasteiger partial charge in [-0.25, -0.2) is 0 Å². The molecule has 1 aromatic rings. The Labute approximate surface area is 107 Å². The topological polar surface area (TPSA) is 20.3 Å². The van der Waals surface area contributed by atoms with Gasteiger partial charge in [0.05, 0.1) is 10.7 Å². The number of benzene rings is 1. The number of aryl methyl sites for hydroxylation is 1. The van der Waals surface area contributed by atoms with Gasteiger partial charge in [-0.2, -0.15) is 0 Å². The van der Waals surface area contributed by atoms with Gasteiger partial charge in [0, 0.05) is 23.9 Å². The van der Waals surface area contributed by atoms with Crippen molar-refractivity contribution in [2.75, 3.05) is 11.4 Å². The van der Waals surface area contributed by atoms with Gasteiger partial charge in [0.15, 0.2) is 5.78 Å². The van der Waals surface area contributed by atoms with Crippen molar-refractivity contribution in [1.29, 1.82) is 0 Å². The minimum atomic E-state index is 0.190. The van der Waals surface area contributed by atoms with Crippen LogP contribution in [0.2, 0.25) is 0 Å². The molecule has 1 aliphatic rings. The predicted molar refractivity (Wildman–Crippen MR) is 73.4 cm³/mol. The van der Waals surface area contributed by atoms with Gasteiger partial charge in [-0.15, -0.1) is 0 Å². The van der Waals surface area contributed by atoms with E-state index >= 15 is 0 Å². The van der Waals surface area contributed by atoms with Gasteiger partial charge in [0.1, 0.15) is 0 Å². The molecular formula is C14H17NOS. The minimum absolute atomic E-state index is 0.190. The molecule has 0 aromatic heterocycles. The molecule has 0 bridgehead atoms. The van der Waals surface area contributed by atoms with Crippen molar-refractivity contribution in [2.45, 2.75) is 32.1 Å². The highest BCUT2D eigenvalue weighted by Gasteiger charge is 2.24. The number of hydrogen-bond donors (Lipinski definition) is 0. The molecule has 0 N–H and O–H groups in total. The summed E-state index contributed by atoms with van der Waals surface area (Å²) in [6, 6.07) is 6.43. The molecule has 0 fully saturated rings. The third-order valence-corrected chi connectivity index (χ3v) is 3.95. The second-order valence-electron chi connectivity index (χ2n) is 4.12. The van der Waals surface area contributed by atoms with E-state index < -0.39 is 0 Å². The lowest BCUT2D eigenvalue weighted by Gasteiger charge is -2.18. The van der Waals surface area contributed by atoms with E-state index in [1.807, 2.05) is 6.92 Å². The first-order chi connectivity index (χ1) is 8.15. The number of hydrogen-bond acceptors (Lipinski definition) is 3. The van der Waals surface area contributed by atoms with Gasteiger partial charge in [-0.1, -0.05) is 24.8 Å². The monoisotopic (exact) mass is 247 g/mol. The van der Waals surface area contributed by atoms with E-state index in [4.69, 9.17) is 0 Å². The molecule has 3 heteroatoms. The molecule has 0 radical (unpaired) electrons. The van der Waals surface area contributed by atoms with Crippen LogP contribution in [0.15, 0.2) is 34.2 Å². The number of ketones is 1. The van der Waals surface area contributed by atoms with E-state index in [9.17, 15) is 4.79 Å². The number of nitrogens with zero attached hydrogens (tertiary/aromatic N) is 1. The lowest BCUT2D eigenvalue weighted by molar-refractivity contribution is -0.114. The molecule has 0 atom stereocenters. The standard InChI is InChI=1S/C14H17NOS/c1-4-11(16)9-14-15(5-2)12-8-10(3)6-7-13(12)17-14/h6-9H,4-5H2,1-3H3/b14-9-. The van der Waals surface area contributed by atoms with Crippen molar-refractivity contribution in [1.82, 2.24) is 0 Å². The van der Waals surface area contributed by atoms with E-state index in [0.717, 1.165) is 11.6 Å². The van der Waals surface area contributed by atoms with Crippen LogP contribution in [0.3, 0.4) is 0 Å². The van der Waals surface area contributed by atoms with E-state index in [-0.39, 0.29) is 5.78 Å². The predicted octanol–water partition coefficient (Wildman–Crippen LogP) is 3.75. The molecule has 1 aromatic carbocycles. The average molecular weight is 247 g/mol. The van der Waals surface area contributed by atoms with Crippen molar-refractivity contribution in [2.24, 2.45) is 0 Å². The summed E-state index contributed by atoms with van der Waals surface area (Å²) < 4.78 is 0. The summed E-state index contributed by atoms with van der Waals surface area (Å²) in [6.07, 6.45) is 2.33. The fourth-order valence-corrected chi connectivity index (χ4v) is 3.05. The molecule has 0 unspecified atom stereocenters. The molecule has 0 spiro atoms. The van der Waals surface area contributed by atoms with Crippen LogP contribution in [0.5, 0.6) is 0 Å². The maximum Gasteiger partial charge on any atom is 0.158 e. The molecule has 1 heterocycles. The molecule has 1 aliphatic heterocycles. The Hall–Kier alpha value is -1.22. The third kappa shape index (κ3) is 2.39. The quantitative estimate of drug-likeness (QED) is 0.759. The maximum absolute atomic E-state index is 11.5. The lowest BCUT2D eigenvalue weighted by atomic mass is 10.2. The average Bonchev–Trinajstić information content (AvgIpc) is 2.65. The zero-order valence-corrected chi connectivity index (χ0v) is 11.3. The van der Waals surface area contributed by atoms with Gasteiger partial charge in [-0.3, -0.25) is 4.79 Å². The number of anilines is 1. The van der Waals surface area contributed by atoms with Gasteiger partial charge < -0.3 is 4.90 Å². The highest BCUT2D eigenvalue weighted by Crippen LogP contribution is 2.46. The van der Waals surface area contributed by atoms with Crippen LogP contribution in [-0.4, -0.2) is 12.3 Å². The number of fused-ring (bicyclic) bond motifs is 1. The second kappa shape index (κ2) is 4.96. The van der Waals surface area contributed by atoms with Gasteiger partial charge in [-0.05, 0) is 31.5 Å². The Morgan fingerprint density at radius 3 is 2.82 bits per heavy atom. The van der Waals surface area contributed by atoms with E-state index in [1.165, 1.54) is 16.1 Å². The molecule has 2 rings (SSSR count). The SMILES string of the molecule is CCC(=O)/C=C1\Sc2ccc(C)cc2N1CC. The van der Waals surface area contributed by atoms with Crippen LogP contribution in [0, 0.1) is 6.92 Å².